The Hall–Kier alpha value is -1.36. The molecule has 2 aliphatic rings. The molecular weight excluding hydrogens is 222 g/mol. The topological polar surface area (TPSA) is 66.8 Å². The monoisotopic (exact) mass is 239 g/mol. The van der Waals surface area contributed by atoms with Crippen LogP contribution in [0, 0.1) is 5.92 Å². The van der Waals surface area contributed by atoms with Gasteiger partial charge >= 0.3 is 5.97 Å². The van der Waals surface area contributed by atoms with Gasteiger partial charge < -0.3 is 14.7 Å². The van der Waals surface area contributed by atoms with Crippen molar-refractivity contribution in [3.05, 3.63) is 11.8 Å². The maximum absolute atomic E-state index is 11.8. The number of carbonyl (C=O) groups is 2. The van der Waals surface area contributed by atoms with Crippen LogP contribution in [0.1, 0.15) is 27.2 Å². The second-order valence-corrected chi connectivity index (χ2v) is 4.82. The molecule has 0 aromatic heterocycles. The average molecular weight is 239 g/mol. The minimum atomic E-state index is -0.669. The Balaban J connectivity index is 2.06. The van der Waals surface area contributed by atoms with E-state index in [-0.39, 0.29) is 24.0 Å². The fourth-order valence-corrected chi connectivity index (χ4v) is 2.43. The molecule has 1 N–H and O–H groups in total. The Morgan fingerprint density at radius 1 is 1.53 bits per heavy atom. The van der Waals surface area contributed by atoms with Crippen molar-refractivity contribution in [2.75, 3.05) is 0 Å². The van der Waals surface area contributed by atoms with E-state index in [2.05, 4.69) is 0 Å². The third-order valence-corrected chi connectivity index (χ3v) is 3.15. The fraction of sp³-hybridized carbons (Fsp3) is 0.667. The van der Waals surface area contributed by atoms with Crippen LogP contribution in [0.4, 0.5) is 0 Å². The van der Waals surface area contributed by atoms with E-state index in [1.54, 1.807) is 26.8 Å². The number of rotatable bonds is 3. The van der Waals surface area contributed by atoms with Crippen molar-refractivity contribution in [3.8, 4) is 0 Å². The van der Waals surface area contributed by atoms with Gasteiger partial charge in [0.2, 0.25) is 5.91 Å². The van der Waals surface area contributed by atoms with Gasteiger partial charge in [0.25, 0.3) is 0 Å². The highest BCUT2D eigenvalue weighted by Crippen LogP contribution is 2.40. The summed E-state index contributed by atoms with van der Waals surface area (Å²) < 4.78 is 5.07. The molecule has 1 amide bonds. The highest BCUT2D eigenvalue weighted by molar-refractivity contribution is 5.99. The van der Waals surface area contributed by atoms with Crippen LogP contribution < -0.4 is 0 Å². The lowest BCUT2D eigenvalue weighted by atomic mass is 9.83. The van der Waals surface area contributed by atoms with Crippen molar-refractivity contribution in [1.82, 2.24) is 4.90 Å². The first kappa shape index (κ1) is 12.1. The van der Waals surface area contributed by atoms with Crippen LogP contribution in [-0.4, -0.2) is 40.1 Å². The van der Waals surface area contributed by atoms with Crippen LogP contribution in [0.25, 0.3) is 0 Å². The summed E-state index contributed by atoms with van der Waals surface area (Å²) in [5, 5.41) is 9.47. The van der Waals surface area contributed by atoms with Gasteiger partial charge in [0.05, 0.1) is 24.2 Å². The molecule has 0 bridgehead atoms. The Bertz CT molecular complexity index is 386. The van der Waals surface area contributed by atoms with E-state index >= 15 is 0 Å². The summed E-state index contributed by atoms with van der Waals surface area (Å²) >= 11 is 0. The van der Waals surface area contributed by atoms with Crippen LogP contribution >= 0.6 is 0 Å². The summed E-state index contributed by atoms with van der Waals surface area (Å²) in [4.78, 5) is 25.0. The number of carbonyl (C=O) groups excluding carboxylic acids is 2. The van der Waals surface area contributed by atoms with Gasteiger partial charge in [-0.25, -0.2) is 4.79 Å². The summed E-state index contributed by atoms with van der Waals surface area (Å²) in [6.07, 6.45) is 1.46. The summed E-state index contributed by atoms with van der Waals surface area (Å²) in [5.74, 6) is -1.02. The van der Waals surface area contributed by atoms with E-state index in [0.717, 1.165) is 0 Å². The second-order valence-electron chi connectivity index (χ2n) is 4.82. The lowest BCUT2D eigenvalue weighted by Crippen LogP contribution is -2.61. The van der Waals surface area contributed by atoms with Crippen molar-refractivity contribution in [3.63, 3.8) is 0 Å². The van der Waals surface area contributed by atoms with E-state index in [0.29, 0.717) is 12.1 Å². The van der Waals surface area contributed by atoms with Gasteiger partial charge in [0.15, 0.2) is 0 Å². The molecule has 1 saturated heterocycles. The SMILES string of the molecule is CC(C)OC(=O)C1=CC[C@@H]2[C@@H]([C@@H](C)O)C(=O)N12. The number of hydrogen-bond donors (Lipinski definition) is 1. The van der Waals surface area contributed by atoms with E-state index in [1.165, 1.54) is 4.90 Å². The standard InChI is InChI=1S/C12H17NO4/c1-6(2)17-12(16)9-5-4-8-10(7(3)14)11(15)13(8)9/h5-8,10,14H,4H2,1-3H3/t7-,8-,10-/m1/s1. The maximum Gasteiger partial charge on any atom is 0.354 e. The van der Waals surface area contributed by atoms with E-state index < -0.39 is 12.1 Å². The smallest absolute Gasteiger partial charge is 0.354 e. The normalized spacial score (nSPS) is 28.6. The molecule has 5 nitrogen and oxygen atoms in total. The Morgan fingerprint density at radius 3 is 2.71 bits per heavy atom. The first-order chi connectivity index (χ1) is 7.93. The number of β-lactam (4-membered cyclic amide) rings is 1. The number of fused-ring (bicyclic) bond motifs is 1. The molecule has 0 unspecified atom stereocenters. The van der Waals surface area contributed by atoms with E-state index in [4.69, 9.17) is 4.74 Å². The molecule has 3 atom stereocenters. The average Bonchev–Trinajstić information content (AvgIpc) is 2.55. The molecule has 0 aromatic carbocycles. The van der Waals surface area contributed by atoms with Crippen LogP contribution in [0.5, 0.6) is 0 Å². The van der Waals surface area contributed by atoms with Crippen molar-refractivity contribution in [1.29, 1.82) is 0 Å². The highest BCUT2D eigenvalue weighted by Gasteiger charge is 2.54. The first-order valence-corrected chi connectivity index (χ1v) is 5.85. The van der Waals surface area contributed by atoms with Gasteiger partial charge in [-0.1, -0.05) is 6.08 Å². The zero-order chi connectivity index (χ0) is 12.7. The van der Waals surface area contributed by atoms with Gasteiger partial charge in [-0.3, -0.25) is 4.79 Å². The van der Waals surface area contributed by atoms with Gasteiger partial charge in [0.1, 0.15) is 5.70 Å². The molecular formula is C12H17NO4. The lowest BCUT2D eigenvalue weighted by molar-refractivity contribution is -0.163. The van der Waals surface area contributed by atoms with E-state index in [9.17, 15) is 14.7 Å². The van der Waals surface area contributed by atoms with Crippen LogP contribution in [0.2, 0.25) is 0 Å². The number of nitrogens with zero attached hydrogens (tertiary/aromatic N) is 1. The van der Waals surface area contributed by atoms with E-state index in [1.807, 2.05) is 0 Å². The zero-order valence-electron chi connectivity index (χ0n) is 10.2. The number of aliphatic hydroxyl groups is 1. The minimum absolute atomic E-state index is 0.0720. The Labute approximate surface area is 100 Å². The molecule has 17 heavy (non-hydrogen) atoms. The van der Waals surface area contributed by atoms with Gasteiger partial charge in [-0.2, -0.15) is 0 Å². The molecule has 0 aliphatic carbocycles. The number of aliphatic hydroxyl groups excluding tert-OH is 1. The summed E-state index contributed by atoms with van der Waals surface area (Å²) in [7, 11) is 0. The Kier molecular flexibility index (Phi) is 2.95. The molecule has 94 valence electrons. The van der Waals surface area contributed by atoms with Crippen LogP contribution in [-0.2, 0) is 14.3 Å². The molecule has 0 radical (unpaired) electrons. The number of esters is 1. The molecule has 5 heteroatoms. The van der Waals surface area contributed by atoms with Gasteiger partial charge in [0, 0.05) is 0 Å². The summed E-state index contributed by atoms with van der Waals surface area (Å²) in [6, 6.07) is -0.0720. The Morgan fingerprint density at radius 2 is 2.18 bits per heavy atom. The molecule has 0 spiro atoms. The molecule has 2 aliphatic heterocycles. The molecule has 1 fully saturated rings. The maximum atomic E-state index is 11.8. The molecule has 2 heterocycles. The largest absolute Gasteiger partial charge is 0.458 e. The predicted molar refractivity (Wildman–Crippen MR) is 59.7 cm³/mol. The lowest BCUT2D eigenvalue weighted by Gasteiger charge is -2.44. The first-order valence-electron chi connectivity index (χ1n) is 5.85. The summed E-state index contributed by atoms with van der Waals surface area (Å²) in [6.45, 7) is 5.13. The molecule has 0 aromatic rings. The van der Waals surface area contributed by atoms with Crippen molar-refractivity contribution < 1.29 is 19.4 Å². The third kappa shape index (κ3) is 1.84. The number of ether oxygens (including phenoxy) is 1. The van der Waals surface area contributed by atoms with Crippen LogP contribution in [0.15, 0.2) is 11.8 Å². The molecule has 0 saturated carbocycles. The summed E-state index contributed by atoms with van der Waals surface area (Å²) in [5.41, 5.74) is 0.325. The quantitative estimate of drug-likeness (QED) is 0.573. The third-order valence-electron chi connectivity index (χ3n) is 3.15. The second kappa shape index (κ2) is 4.14. The molecule has 2 rings (SSSR count). The highest BCUT2D eigenvalue weighted by atomic mass is 16.5. The van der Waals surface area contributed by atoms with Crippen molar-refractivity contribution in [2.24, 2.45) is 5.92 Å². The van der Waals surface area contributed by atoms with Gasteiger partial charge in [-0.15, -0.1) is 0 Å². The minimum Gasteiger partial charge on any atom is -0.458 e. The van der Waals surface area contributed by atoms with Crippen LogP contribution in [0.3, 0.4) is 0 Å². The van der Waals surface area contributed by atoms with Crippen molar-refractivity contribution >= 4 is 11.9 Å². The zero-order valence-corrected chi connectivity index (χ0v) is 10.2. The van der Waals surface area contributed by atoms with Gasteiger partial charge in [-0.05, 0) is 27.2 Å². The number of hydrogen-bond acceptors (Lipinski definition) is 4. The van der Waals surface area contributed by atoms with Crippen molar-refractivity contribution in [2.45, 2.75) is 45.4 Å². The fourth-order valence-electron chi connectivity index (χ4n) is 2.43. The predicted octanol–water partition coefficient (Wildman–Crippen LogP) is 0.433. The number of amides is 1.